The van der Waals surface area contributed by atoms with Crippen molar-refractivity contribution in [1.29, 1.82) is 0 Å². The number of carbonyl (C=O) groups excluding carboxylic acids is 1. The Morgan fingerprint density at radius 3 is 2.69 bits per heavy atom. The third-order valence-corrected chi connectivity index (χ3v) is 3.28. The molecule has 0 spiro atoms. The van der Waals surface area contributed by atoms with Crippen LogP contribution in [0.15, 0.2) is 40.8 Å². The molecule has 2 aromatic rings. The van der Waals surface area contributed by atoms with Crippen LogP contribution in [-0.4, -0.2) is 5.78 Å². The minimum Gasteiger partial charge on any atom is -0.453 e. The molecule has 16 heavy (non-hydrogen) atoms. The monoisotopic (exact) mass is 326 g/mol. The van der Waals surface area contributed by atoms with Gasteiger partial charge in [-0.1, -0.05) is 25.1 Å². The molecule has 1 heterocycles. The number of benzene rings is 1. The maximum Gasteiger partial charge on any atom is 0.197 e. The summed E-state index contributed by atoms with van der Waals surface area (Å²) in [6, 6.07) is 11.5. The zero-order valence-electron chi connectivity index (χ0n) is 8.87. The lowest BCUT2D eigenvalue weighted by molar-refractivity contribution is 0.0962. The van der Waals surface area contributed by atoms with Crippen LogP contribution in [0.2, 0.25) is 0 Å². The van der Waals surface area contributed by atoms with E-state index >= 15 is 0 Å². The maximum atomic E-state index is 11.4. The zero-order chi connectivity index (χ0) is 11.5. The van der Waals surface area contributed by atoms with Gasteiger partial charge in [0.05, 0.1) is 0 Å². The molecule has 3 heteroatoms. The van der Waals surface area contributed by atoms with Crippen molar-refractivity contribution in [2.45, 2.75) is 13.3 Å². The molecule has 0 N–H and O–H groups in total. The van der Waals surface area contributed by atoms with E-state index in [0.717, 1.165) is 14.9 Å². The highest BCUT2D eigenvalue weighted by atomic mass is 127. The number of rotatable bonds is 3. The fraction of sp³-hybridized carbons (Fsp3) is 0.154. The number of furan rings is 1. The summed E-state index contributed by atoms with van der Waals surface area (Å²) in [4.78, 5) is 11.4. The van der Waals surface area contributed by atoms with Crippen LogP contribution in [-0.2, 0) is 0 Å². The van der Waals surface area contributed by atoms with Crippen molar-refractivity contribution in [1.82, 2.24) is 0 Å². The number of hydrogen-bond acceptors (Lipinski definition) is 2. The first-order valence-corrected chi connectivity index (χ1v) is 6.18. The quantitative estimate of drug-likeness (QED) is 0.627. The number of carbonyl (C=O) groups is 1. The van der Waals surface area contributed by atoms with Crippen molar-refractivity contribution in [2.24, 2.45) is 0 Å². The number of ketones is 1. The fourth-order valence-electron chi connectivity index (χ4n) is 1.47. The van der Waals surface area contributed by atoms with Gasteiger partial charge in [-0.25, -0.2) is 0 Å². The summed E-state index contributed by atoms with van der Waals surface area (Å²) in [6.45, 7) is 1.83. The molecule has 0 aliphatic heterocycles. The molecule has 0 radical (unpaired) electrons. The van der Waals surface area contributed by atoms with Gasteiger partial charge in [-0.05, 0) is 40.8 Å². The largest absolute Gasteiger partial charge is 0.453 e. The van der Waals surface area contributed by atoms with E-state index < -0.39 is 0 Å². The second-order valence-corrected chi connectivity index (χ2v) is 4.58. The predicted octanol–water partition coefficient (Wildman–Crippen LogP) is 4.14. The Kier molecular flexibility index (Phi) is 3.43. The first-order chi connectivity index (χ1) is 7.72. The smallest absolute Gasteiger partial charge is 0.197 e. The third-order valence-electron chi connectivity index (χ3n) is 2.34. The molecule has 1 aromatic carbocycles. The summed E-state index contributed by atoms with van der Waals surface area (Å²) in [5, 5.41) is 0. The van der Waals surface area contributed by atoms with Crippen LogP contribution >= 0.6 is 22.6 Å². The van der Waals surface area contributed by atoms with Crippen LogP contribution in [0, 0.1) is 3.57 Å². The Bertz CT molecular complexity index is 514. The minimum absolute atomic E-state index is 0.0391. The standard InChI is InChI=1S/C13H11IO2/c1-2-11(15)13-8-7-12(16-13)9-5-3-4-6-10(9)14/h3-8H,2H2,1H3. The van der Waals surface area contributed by atoms with E-state index in [2.05, 4.69) is 22.6 Å². The highest BCUT2D eigenvalue weighted by Gasteiger charge is 2.11. The lowest BCUT2D eigenvalue weighted by Crippen LogP contribution is -1.92. The molecule has 0 atom stereocenters. The van der Waals surface area contributed by atoms with Gasteiger partial charge in [0, 0.05) is 15.6 Å². The van der Waals surface area contributed by atoms with Gasteiger partial charge in [0.15, 0.2) is 11.5 Å². The molecule has 82 valence electrons. The second kappa shape index (κ2) is 4.82. The van der Waals surface area contributed by atoms with Gasteiger partial charge in [0.25, 0.3) is 0 Å². The van der Waals surface area contributed by atoms with E-state index in [1.807, 2.05) is 37.3 Å². The molecule has 1 aromatic heterocycles. The average molecular weight is 326 g/mol. The second-order valence-electron chi connectivity index (χ2n) is 3.42. The fourth-order valence-corrected chi connectivity index (χ4v) is 2.12. The van der Waals surface area contributed by atoms with Gasteiger partial charge < -0.3 is 4.42 Å². The van der Waals surface area contributed by atoms with Crippen molar-refractivity contribution in [3.05, 3.63) is 45.7 Å². The van der Waals surface area contributed by atoms with E-state index in [-0.39, 0.29) is 5.78 Å². The Hall–Kier alpha value is -1.10. The van der Waals surface area contributed by atoms with Gasteiger partial charge in [-0.15, -0.1) is 0 Å². The van der Waals surface area contributed by atoms with Gasteiger partial charge in [-0.2, -0.15) is 0 Å². The van der Waals surface area contributed by atoms with E-state index in [0.29, 0.717) is 12.2 Å². The first-order valence-electron chi connectivity index (χ1n) is 5.10. The van der Waals surface area contributed by atoms with Gasteiger partial charge >= 0.3 is 0 Å². The summed E-state index contributed by atoms with van der Waals surface area (Å²) >= 11 is 2.25. The molecule has 0 amide bonds. The van der Waals surface area contributed by atoms with Crippen LogP contribution in [0.4, 0.5) is 0 Å². The summed E-state index contributed by atoms with van der Waals surface area (Å²) in [7, 11) is 0. The van der Waals surface area contributed by atoms with E-state index in [1.165, 1.54) is 0 Å². The van der Waals surface area contributed by atoms with Crippen LogP contribution in [0.3, 0.4) is 0 Å². The van der Waals surface area contributed by atoms with Crippen molar-refractivity contribution >= 4 is 28.4 Å². The van der Waals surface area contributed by atoms with Crippen LogP contribution in [0.5, 0.6) is 0 Å². The first kappa shape index (κ1) is 11.4. The minimum atomic E-state index is 0.0391. The third kappa shape index (κ3) is 2.19. The summed E-state index contributed by atoms with van der Waals surface area (Å²) in [5.74, 6) is 1.23. The lowest BCUT2D eigenvalue weighted by atomic mass is 10.2. The van der Waals surface area contributed by atoms with E-state index in [1.54, 1.807) is 6.07 Å². The molecular weight excluding hydrogens is 315 g/mol. The highest BCUT2D eigenvalue weighted by Crippen LogP contribution is 2.27. The molecule has 2 nitrogen and oxygen atoms in total. The van der Waals surface area contributed by atoms with Crippen LogP contribution < -0.4 is 0 Å². The zero-order valence-corrected chi connectivity index (χ0v) is 11.0. The molecule has 0 aliphatic carbocycles. The topological polar surface area (TPSA) is 30.2 Å². The Labute approximate surface area is 108 Å². The van der Waals surface area contributed by atoms with Gasteiger partial charge in [0.2, 0.25) is 0 Å². The SMILES string of the molecule is CCC(=O)c1ccc(-c2ccccc2I)o1. The summed E-state index contributed by atoms with van der Waals surface area (Å²) in [6.07, 6.45) is 0.471. The molecule has 0 bridgehead atoms. The Morgan fingerprint density at radius 1 is 1.25 bits per heavy atom. The number of hydrogen-bond donors (Lipinski definition) is 0. The Balaban J connectivity index is 2.39. The molecule has 2 rings (SSSR count). The molecule has 0 saturated carbocycles. The number of halogens is 1. The molecule has 0 fully saturated rings. The Morgan fingerprint density at radius 2 is 2.00 bits per heavy atom. The average Bonchev–Trinajstić information content (AvgIpc) is 2.78. The maximum absolute atomic E-state index is 11.4. The normalized spacial score (nSPS) is 10.4. The van der Waals surface area contributed by atoms with Crippen molar-refractivity contribution in [3.8, 4) is 11.3 Å². The van der Waals surface area contributed by atoms with E-state index in [4.69, 9.17) is 4.42 Å². The summed E-state index contributed by atoms with van der Waals surface area (Å²) < 4.78 is 6.66. The van der Waals surface area contributed by atoms with Gasteiger partial charge in [0.1, 0.15) is 5.76 Å². The number of Topliss-reactive ketones (excluding diaryl/α,β-unsaturated/α-hetero) is 1. The highest BCUT2D eigenvalue weighted by molar-refractivity contribution is 14.1. The molecule has 0 aliphatic rings. The van der Waals surface area contributed by atoms with Crippen molar-refractivity contribution < 1.29 is 9.21 Å². The lowest BCUT2D eigenvalue weighted by Gasteiger charge is -1.99. The van der Waals surface area contributed by atoms with Crippen molar-refractivity contribution in [3.63, 3.8) is 0 Å². The molecule has 0 unspecified atom stereocenters. The predicted molar refractivity (Wildman–Crippen MR) is 71.5 cm³/mol. The summed E-state index contributed by atoms with van der Waals surface area (Å²) in [5.41, 5.74) is 1.03. The molecular formula is C13H11IO2. The van der Waals surface area contributed by atoms with Gasteiger partial charge in [-0.3, -0.25) is 4.79 Å². The van der Waals surface area contributed by atoms with Crippen LogP contribution in [0.25, 0.3) is 11.3 Å². The van der Waals surface area contributed by atoms with Crippen LogP contribution in [0.1, 0.15) is 23.9 Å². The van der Waals surface area contributed by atoms with Crippen molar-refractivity contribution in [2.75, 3.05) is 0 Å². The van der Waals surface area contributed by atoms with E-state index in [9.17, 15) is 4.79 Å². The molecule has 0 saturated heterocycles.